The fourth-order valence-electron chi connectivity index (χ4n) is 3.01. The molecule has 2 aliphatic heterocycles. The van der Waals surface area contributed by atoms with Crippen LogP contribution in [0.25, 0.3) is 0 Å². The summed E-state index contributed by atoms with van der Waals surface area (Å²) in [5, 5.41) is 9.19. The van der Waals surface area contributed by atoms with Crippen LogP contribution in [-0.4, -0.2) is 54.7 Å². The molecule has 1 aromatic heterocycles. The molecular formula is C15H18N4O2. The van der Waals surface area contributed by atoms with Crippen LogP contribution in [0.4, 0.5) is 5.82 Å². The number of cyclic esters (lactones) is 1. The Labute approximate surface area is 123 Å². The number of carbonyl (C=O) groups excluding carboxylic acids is 1. The molecule has 0 saturated carbocycles. The number of pyridine rings is 1. The minimum atomic E-state index is -0.0981. The fourth-order valence-corrected chi connectivity index (χ4v) is 3.01. The molecule has 2 saturated heterocycles. The van der Waals surface area contributed by atoms with Crippen molar-refractivity contribution in [2.75, 3.05) is 37.7 Å². The highest BCUT2D eigenvalue weighted by molar-refractivity contribution is 5.77. The number of anilines is 1. The highest BCUT2D eigenvalue weighted by Crippen LogP contribution is 2.21. The van der Waals surface area contributed by atoms with Crippen LogP contribution in [0.5, 0.6) is 0 Å². The summed E-state index contributed by atoms with van der Waals surface area (Å²) in [6.07, 6.45) is 3.45. The molecule has 110 valence electrons. The van der Waals surface area contributed by atoms with E-state index >= 15 is 0 Å². The standard InChI is InChI=1S/C15H18N4O2/c16-11-12-3-1-5-17-14(12)19-7-2-6-18(8-9-19)13-4-10-21-15(13)20/h1,3,5,13H,2,4,6-10H2/t13-/m1/s1. The third kappa shape index (κ3) is 2.83. The highest BCUT2D eigenvalue weighted by atomic mass is 16.5. The lowest BCUT2D eigenvalue weighted by molar-refractivity contribution is -0.142. The second kappa shape index (κ2) is 6.10. The second-order valence-electron chi connectivity index (χ2n) is 5.33. The third-order valence-corrected chi connectivity index (χ3v) is 4.09. The van der Waals surface area contributed by atoms with Crippen molar-refractivity contribution in [1.82, 2.24) is 9.88 Å². The number of esters is 1. The molecule has 0 unspecified atom stereocenters. The minimum Gasteiger partial charge on any atom is -0.464 e. The number of carbonyl (C=O) groups is 1. The first kappa shape index (κ1) is 13.8. The topological polar surface area (TPSA) is 69.5 Å². The van der Waals surface area contributed by atoms with Crippen LogP contribution in [0, 0.1) is 11.3 Å². The number of aromatic nitrogens is 1. The monoisotopic (exact) mass is 286 g/mol. The molecular weight excluding hydrogens is 268 g/mol. The van der Waals surface area contributed by atoms with Crippen molar-refractivity contribution in [2.24, 2.45) is 0 Å². The van der Waals surface area contributed by atoms with Crippen LogP contribution < -0.4 is 4.90 Å². The average molecular weight is 286 g/mol. The van der Waals surface area contributed by atoms with Gasteiger partial charge in [-0.3, -0.25) is 9.69 Å². The molecule has 1 atom stereocenters. The van der Waals surface area contributed by atoms with E-state index in [2.05, 4.69) is 20.9 Å². The van der Waals surface area contributed by atoms with Crippen molar-refractivity contribution >= 4 is 11.8 Å². The molecule has 0 aromatic carbocycles. The van der Waals surface area contributed by atoms with E-state index in [4.69, 9.17) is 4.74 Å². The Morgan fingerprint density at radius 1 is 1.33 bits per heavy atom. The van der Waals surface area contributed by atoms with E-state index in [0.717, 1.165) is 44.8 Å². The van der Waals surface area contributed by atoms with Gasteiger partial charge in [-0.2, -0.15) is 5.26 Å². The zero-order valence-electron chi connectivity index (χ0n) is 11.9. The Hall–Kier alpha value is -2.13. The Balaban J connectivity index is 1.71. The Morgan fingerprint density at radius 3 is 3.00 bits per heavy atom. The van der Waals surface area contributed by atoms with E-state index in [0.29, 0.717) is 12.2 Å². The van der Waals surface area contributed by atoms with E-state index in [1.807, 2.05) is 0 Å². The molecule has 3 rings (SSSR count). The molecule has 1 aromatic rings. The first-order chi connectivity index (χ1) is 10.3. The summed E-state index contributed by atoms with van der Waals surface area (Å²) < 4.78 is 5.06. The van der Waals surface area contributed by atoms with E-state index in [1.165, 1.54) is 0 Å². The van der Waals surface area contributed by atoms with Crippen LogP contribution in [-0.2, 0) is 9.53 Å². The normalized spacial score (nSPS) is 23.5. The molecule has 0 amide bonds. The second-order valence-corrected chi connectivity index (χ2v) is 5.33. The molecule has 0 bridgehead atoms. The zero-order chi connectivity index (χ0) is 14.7. The van der Waals surface area contributed by atoms with Crippen molar-refractivity contribution in [3.05, 3.63) is 23.9 Å². The SMILES string of the molecule is N#Cc1cccnc1N1CCCN([C@@H]2CCOC2=O)CC1. The quantitative estimate of drug-likeness (QED) is 0.748. The van der Waals surface area contributed by atoms with Crippen LogP contribution in [0.15, 0.2) is 18.3 Å². The van der Waals surface area contributed by atoms with E-state index in [1.54, 1.807) is 18.3 Å². The van der Waals surface area contributed by atoms with Gasteiger partial charge in [0.2, 0.25) is 0 Å². The molecule has 21 heavy (non-hydrogen) atoms. The van der Waals surface area contributed by atoms with E-state index < -0.39 is 0 Å². The van der Waals surface area contributed by atoms with Gasteiger partial charge in [-0.25, -0.2) is 4.98 Å². The molecule has 6 heteroatoms. The average Bonchev–Trinajstić information content (AvgIpc) is 2.80. The summed E-state index contributed by atoms with van der Waals surface area (Å²) in [5.74, 6) is 0.648. The van der Waals surface area contributed by atoms with Gasteiger partial charge in [-0.15, -0.1) is 0 Å². The van der Waals surface area contributed by atoms with Crippen LogP contribution >= 0.6 is 0 Å². The summed E-state index contributed by atoms with van der Waals surface area (Å²) in [6.45, 7) is 3.83. The lowest BCUT2D eigenvalue weighted by atomic mass is 10.2. The Kier molecular flexibility index (Phi) is 4.02. The van der Waals surface area contributed by atoms with E-state index in [-0.39, 0.29) is 12.0 Å². The predicted octanol–water partition coefficient (Wildman–Crippen LogP) is 0.781. The van der Waals surface area contributed by atoms with Crippen molar-refractivity contribution < 1.29 is 9.53 Å². The Morgan fingerprint density at radius 2 is 2.24 bits per heavy atom. The molecule has 3 heterocycles. The molecule has 0 N–H and O–H groups in total. The molecule has 0 spiro atoms. The Bertz CT molecular complexity index is 569. The summed E-state index contributed by atoms with van der Waals surface area (Å²) in [5.41, 5.74) is 0.603. The van der Waals surface area contributed by atoms with Gasteiger partial charge in [-0.05, 0) is 18.6 Å². The number of rotatable bonds is 2. The summed E-state index contributed by atoms with van der Waals surface area (Å²) in [6, 6.07) is 5.67. The summed E-state index contributed by atoms with van der Waals surface area (Å²) in [7, 11) is 0. The van der Waals surface area contributed by atoms with Gasteiger partial charge in [0.25, 0.3) is 0 Å². The fraction of sp³-hybridized carbons (Fsp3) is 0.533. The van der Waals surface area contributed by atoms with E-state index in [9.17, 15) is 10.1 Å². The van der Waals surface area contributed by atoms with Crippen molar-refractivity contribution in [2.45, 2.75) is 18.9 Å². The van der Waals surface area contributed by atoms with Crippen LogP contribution in [0.2, 0.25) is 0 Å². The van der Waals surface area contributed by atoms with Crippen LogP contribution in [0.1, 0.15) is 18.4 Å². The minimum absolute atomic E-state index is 0.0934. The molecule has 0 radical (unpaired) electrons. The number of nitrogens with zero attached hydrogens (tertiary/aromatic N) is 4. The predicted molar refractivity (Wildman–Crippen MR) is 76.7 cm³/mol. The van der Waals surface area contributed by atoms with Gasteiger partial charge in [0, 0.05) is 38.8 Å². The van der Waals surface area contributed by atoms with Gasteiger partial charge in [0.1, 0.15) is 17.9 Å². The van der Waals surface area contributed by atoms with Gasteiger partial charge in [-0.1, -0.05) is 0 Å². The van der Waals surface area contributed by atoms with Crippen LogP contribution in [0.3, 0.4) is 0 Å². The van der Waals surface area contributed by atoms with Gasteiger partial charge < -0.3 is 9.64 Å². The highest BCUT2D eigenvalue weighted by Gasteiger charge is 2.33. The lowest BCUT2D eigenvalue weighted by Gasteiger charge is -2.25. The summed E-state index contributed by atoms with van der Waals surface area (Å²) in [4.78, 5) is 20.4. The molecule has 2 aliphatic rings. The zero-order valence-corrected chi connectivity index (χ0v) is 11.9. The number of hydrogen-bond donors (Lipinski definition) is 0. The molecule has 2 fully saturated rings. The number of nitriles is 1. The van der Waals surface area contributed by atoms with Crippen molar-refractivity contribution in [1.29, 1.82) is 5.26 Å². The lowest BCUT2D eigenvalue weighted by Crippen LogP contribution is -2.41. The summed E-state index contributed by atoms with van der Waals surface area (Å²) >= 11 is 0. The van der Waals surface area contributed by atoms with Crippen molar-refractivity contribution in [3.8, 4) is 6.07 Å². The maximum atomic E-state index is 11.7. The first-order valence-electron chi connectivity index (χ1n) is 7.30. The maximum Gasteiger partial charge on any atom is 0.323 e. The first-order valence-corrected chi connectivity index (χ1v) is 7.30. The smallest absolute Gasteiger partial charge is 0.323 e. The van der Waals surface area contributed by atoms with Crippen molar-refractivity contribution in [3.63, 3.8) is 0 Å². The largest absolute Gasteiger partial charge is 0.464 e. The molecule has 0 aliphatic carbocycles. The molecule has 6 nitrogen and oxygen atoms in total. The van der Waals surface area contributed by atoms with Gasteiger partial charge in [0.05, 0.1) is 12.2 Å². The number of hydrogen-bond acceptors (Lipinski definition) is 6. The van der Waals surface area contributed by atoms with Gasteiger partial charge >= 0.3 is 5.97 Å². The maximum absolute atomic E-state index is 11.7. The number of ether oxygens (including phenoxy) is 1. The van der Waals surface area contributed by atoms with Gasteiger partial charge in [0.15, 0.2) is 0 Å². The third-order valence-electron chi connectivity index (χ3n) is 4.09.